The average Bonchev–Trinajstić information content (AvgIpc) is 2.38. The minimum atomic E-state index is -1.72. The zero-order chi connectivity index (χ0) is 15.5. The van der Waals surface area contributed by atoms with Gasteiger partial charge in [0.15, 0.2) is 5.16 Å². The van der Waals surface area contributed by atoms with Crippen molar-refractivity contribution in [1.82, 2.24) is 9.97 Å². The largest absolute Gasteiger partial charge is 0.547 e. The summed E-state index contributed by atoms with van der Waals surface area (Å²) in [6, 6.07) is 1.85. The third-order valence-electron chi connectivity index (χ3n) is 4.27. The molecule has 0 N–H and O–H groups in total. The van der Waals surface area contributed by atoms with Gasteiger partial charge in [-0.05, 0) is 43.1 Å². The Balaban J connectivity index is 2.04. The van der Waals surface area contributed by atoms with Gasteiger partial charge in [-0.15, -0.1) is 0 Å². The predicted octanol–water partition coefficient (Wildman–Crippen LogP) is 5.03. The lowest BCUT2D eigenvalue weighted by atomic mass is 10.1. The zero-order valence-corrected chi connectivity index (χ0v) is 15.5. The van der Waals surface area contributed by atoms with Gasteiger partial charge < -0.3 is 4.43 Å². The van der Waals surface area contributed by atoms with E-state index in [1.54, 1.807) is 24.2 Å². The second kappa shape index (κ2) is 6.52. The van der Waals surface area contributed by atoms with E-state index in [0.29, 0.717) is 5.25 Å². The van der Waals surface area contributed by atoms with E-state index in [4.69, 9.17) is 4.43 Å². The second-order valence-corrected chi connectivity index (χ2v) is 13.0. The first-order valence-electron chi connectivity index (χ1n) is 7.61. The number of rotatable bonds is 4. The first kappa shape index (κ1) is 16.6. The number of aromatic nitrogens is 2. The average molecular weight is 323 g/mol. The molecular weight excluding hydrogens is 296 g/mol. The monoisotopic (exact) mass is 322 g/mol. The first-order chi connectivity index (χ1) is 9.78. The SMILES string of the molecule is CC(C)(C)[Si](C)(C)OC1=CC(Sc2ncccn2)CCC1. The normalized spacial score (nSPS) is 20.0. The number of hydrogen-bond donors (Lipinski definition) is 0. The number of hydrogen-bond acceptors (Lipinski definition) is 4. The zero-order valence-electron chi connectivity index (χ0n) is 13.7. The van der Waals surface area contributed by atoms with Crippen molar-refractivity contribution in [3.8, 4) is 0 Å². The molecule has 1 aliphatic carbocycles. The van der Waals surface area contributed by atoms with Crippen molar-refractivity contribution in [3.63, 3.8) is 0 Å². The van der Waals surface area contributed by atoms with E-state index in [9.17, 15) is 0 Å². The molecule has 0 radical (unpaired) electrons. The standard InChI is InChI=1S/C16H26N2OSSi/c1-16(2,3)21(4,5)19-13-8-6-9-14(12-13)20-15-17-10-7-11-18-15/h7,10-12,14H,6,8-9H2,1-5H3. The summed E-state index contributed by atoms with van der Waals surface area (Å²) in [7, 11) is -1.72. The summed E-state index contributed by atoms with van der Waals surface area (Å²) in [5, 5.41) is 1.53. The summed E-state index contributed by atoms with van der Waals surface area (Å²) in [6.07, 6.45) is 9.33. The molecule has 0 aliphatic heterocycles. The highest BCUT2D eigenvalue weighted by molar-refractivity contribution is 7.99. The molecule has 5 heteroatoms. The van der Waals surface area contributed by atoms with E-state index >= 15 is 0 Å². The van der Waals surface area contributed by atoms with Gasteiger partial charge in [0.2, 0.25) is 8.32 Å². The van der Waals surface area contributed by atoms with Crippen LogP contribution in [-0.4, -0.2) is 23.5 Å². The Morgan fingerprint density at radius 1 is 1.24 bits per heavy atom. The summed E-state index contributed by atoms with van der Waals surface area (Å²) >= 11 is 1.74. The molecular formula is C16H26N2OSSi. The van der Waals surface area contributed by atoms with E-state index in [2.05, 4.69) is 49.9 Å². The highest BCUT2D eigenvalue weighted by Gasteiger charge is 2.39. The van der Waals surface area contributed by atoms with Crippen LogP contribution in [0.4, 0.5) is 0 Å². The van der Waals surface area contributed by atoms with Gasteiger partial charge in [-0.2, -0.15) is 0 Å². The topological polar surface area (TPSA) is 35.0 Å². The Morgan fingerprint density at radius 3 is 2.52 bits per heavy atom. The van der Waals surface area contributed by atoms with Crippen LogP contribution in [0, 0.1) is 0 Å². The Bertz CT molecular complexity index is 497. The summed E-state index contributed by atoms with van der Waals surface area (Å²) in [6.45, 7) is 11.5. The van der Waals surface area contributed by atoms with Gasteiger partial charge in [0.1, 0.15) is 0 Å². The molecule has 0 amide bonds. The fraction of sp³-hybridized carbons (Fsp3) is 0.625. The van der Waals surface area contributed by atoms with Crippen LogP contribution in [0.5, 0.6) is 0 Å². The Morgan fingerprint density at radius 2 is 1.90 bits per heavy atom. The Hall–Kier alpha value is -0.813. The quantitative estimate of drug-likeness (QED) is 0.575. The van der Waals surface area contributed by atoms with Gasteiger partial charge in [0, 0.05) is 24.1 Å². The maximum absolute atomic E-state index is 6.46. The second-order valence-electron chi connectivity index (χ2n) is 7.08. The molecule has 1 heterocycles. The van der Waals surface area contributed by atoms with Crippen LogP contribution >= 0.6 is 11.8 Å². The molecule has 3 nitrogen and oxygen atoms in total. The maximum Gasteiger partial charge on any atom is 0.250 e. The molecule has 0 saturated heterocycles. The van der Waals surface area contributed by atoms with E-state index in [0.717, 1.165) is 11.6 Å². The molecule has 0 saturated carbocycles. The van der Waals surface area contributed by atoms with Gasteiger partial charge >= 0.3 is 0 Å². The van der Waals surface area contributed by atoms with Crippen molar-refractivity contribution in [3.05, 3.63) is 30.3 Å². The summed E-state index contributed by atoms with van der Waals surface area (Å²) in [5.74, 6) is 1.18. The van der Waals surface area contributed by atoms with Crippen LogP contribution in [0.1, 0.15) is 40.0 Å². The van der Waals surface area contributed by atoms with Crippen LogP contribution in [-0.2, 0) is 4.43 Å². The molecule has 1 aromatic rings. The van der Waals surface area contributed by atoms with Crippen LogP contribution < -0.4 is 0 Å². The molecule has 21 heavy (non-hydrogen) atoms. The molecule has 1 unspecified atom stereocenters. The van der Waals surface area contributed by atoms with E-state index in [-0.39, 0.29) is 5.04 Å². The lowest BCUT2D eigenvalue weighted by Crippen LogP contribution is -2.40. The first-order valence-corrected chi connectivity index (χ1v) is 11.4. The molecule has 0 aromatic carbocycles. The van der Waals surface area contributed by atoms with Crippen molar-refractivity contribution < 1.29 is 4.43 Å². The Kier molecular flexibility index (Phi) is 5.14. The van der Waals surface area contributed by atoms with Gasteiger partial charge in [-0.1, -0.05) is 32.5 Å². The minimum Gasteiger partial charge on any atom is -0.547 e. The molecule has 1 aromatic heterocycles. The predicted molar refractivity (Wildman–Crippen MR) is 91.9 cm³/mol. The van der Waals surface area contributed by atoms with Gasteiger partial charge in [0.05, 0.1) is 5.76 Å². The number of thioether (sulfide) groups is 1. The van der Waals surface area contributed by atoms with Crippen LogP contribution in [0.3, 0.4) is 0 Å². The fourth-order valence-electron chi connectivity index (χ4n) is 1.99. The molecule has 0 fully saturated rings. The third kappa shape index (κ3) is 4.58. The lowest BCUT2D eigenvalue weighted by molar-refractivity contribution is 0.352. The van der Waals surface area contributed by atoms with Crippen LogP contribution in [0.2, 0.25) is 18.1 Å². The van der Waals surface area contributed by atoms with E-state index < -0.39 is 8.32 Å². The number of allylic oxidation sites excluding steroid dienone is 1. The van der Waals surface area contributed by atoms with Crippen LogP contribution in [0.15, 0.2) is 35.5 Å². The van der Waals surface area contributed by atoms with Crippen molar-refractivity contribution in [2.24, 2.45) is 0 Å². The molecule has 1 aliphatic rings. The fourth-order valence-corrected chi connectivity index (χ4v) is 4.14. The molecule has 0 bridgehead atoms. The number of nitrogens with zero attached hydrogens (tertiary/aromatic N) is 2. The van der Waals surface area contributed by atoms with Crippen molar-refractivity contribution in [1.29, 1.82) is 0 Å². The van der Waals surface area contributed by atoms with E-state index in [1.165, 1.54) is 18.6 Å². The minimum absolute atomic E-state index is 0.246. The van der Waals surface area contributed by atoms with Crippen molar-refractivity contribution in [2.75, 3.05) is 0 Å². The van der Waals surface area contributed by atoms with Crippen molar-refractivity contribution in [2.45, 2.75) is 68.6 Å². The maximum atomic E-state index is 6.46. The molecule has 116 valence electrons. The molecule has 1 atom stereocenters. The summed E-state index contributed by atoms with van der Waals surface area (Å²) in [5.41, 5.74) is 0. The van der Waals surface area contributed by atoms with Crippen LogP contribution in [0.25, 0.3) is 0 Å². The third-order valence-corrected chi connectivity index (χ3v) is 9.76. The van der Waals surface area contributed by atoms with Gasteiger partial charge in [-0.25, -0.2) is 9.97 Å². The summed E-state index contributed by atoms with van der Waals surface area (Å²) in [4.78, 5) is 8.60. The van der Waals surface area contributed by atoms with Gasteiger partial charge in [-0.3, -0.25) is 0 Å². The van der Waals surface area contributed by atoms with Gasteiger partial charge in [0.25, 0.3) is 0 Å². The Labute approximate surface area is 133 Å². The summed E-state index contributed by atoms with van der Waals surface area (Å²) < 4.78 is 6.46. The molecule has 2 rings (SSSR count). The smallest absolute Gasteiger partial charge is 0.250 e. The molecule has 0 spiro atoms. The van der Waals surface area contributed by atoms with E-state index in [1.807, 2.05) is 6.07 Å². The highest BCUT2D eigenvalue weighted by atomic mass is 32.2. The lowest BCUT2D eigenvalue weighted by Gasteiger charge is -2.38. The highest BCUT2D eigenvalue weighted by Crippen LogP contribution is 2.40. The van der Waals surface area contributed by atoms with Crippen molar-refractivity contribution >= 4 is 20.1 Å².